The minimum Gasteiger partial charge on any atom is -0.350 e. The van der Waals surface area contributed by atoms with E-state index in [0.717, 1.165) is 6.42 Å². The normalized spacial score (nSPS) is 42.1. The Morgan fingerprint density at radius 1 is 1.36 bits per heavy atom. The molecular formula is C12H19NO. The van der Waals surface area contributed by atoms with Gasteiger partial charge in [-0.25, -0.2) is 0 Å². The molecule has 3 atom stereocenters. The summed E-state index contributed by atoms with van der Waals surface area (Å²) in [5.74, 6) is 1.25. The van der Waals surface area contributed by atoms with Gasteiger partial charge in [-0.2, -0.15) is 5.26 Å². The lowest BCUT2D eigenvalue weighted by Gasteiger charge is -2.25. The van der Waals surface area contributed by atoms with Crippen LogP contribution in [0.25, 0.3) is 0 Å². The molecule has 1 saturated carbocycles. The van der Waals surface area contributed by atoms with Gasteiger partial charge in [-0.15, -0.1) is 0 Å². The van der Waals surface area contributed by atoms with Crippen LogP contribution in [-0.4, -0.2) is 11.7 Å². The Hall–Kier alpha value is -0.550. The van der Waals surface area contributed by atoms with E-state index in [0.29, 0.717) is 11.8 Å². The van der Waals surface area contributed by atoms with Crippen molar-refractivity contribution in [1.82, 2.24) is 0 Å². The molecule has 0 N–H and O–H groups in total. The molecule has 3 unspecified atom stereocenters. The third-order valence-corrected chi connectivity index (χ3v) is 3.86. The monoisotopic (exact) mass is 193 g/mol. The third-order valence-electron chi connectivity index (χ3n) is 3.86. The van der Waals surface area contributed by atoms with Gasteiger partial charge >= 0.3 is 0 Å². The summed E-state index contributed by atoms with van der Waals surface area (Å²) in [7, 11) is 0. The van der Waals surface area contributed by atoms with Gasteiger partial charge in [-0.3, -0.25) is 0 Å². The van der Waals surface area contributed by atoms with Crippen molar-refractivity contribution in [2.75, 3.05) is 0 Å². The first kappa shape index (κ1) is 9.98. The van der Waals surface area contributed by atoms with Gasteiger partial charge in [-0.1, -0.05) is 33.1 Å². The summed E-state index contributed by atoms with van der Waals surface area (Å²) < 4.78 is 5.69. The summed E-state index contributed by atoms with van der Waals surface area (Å²) in [6, 6.07) is 2.29. The van der Waals surface area contributed by atoms with Gasteiger partial charge < -0.3 is 4.74 Å². The molecule has 14 heavy (non-hydrogen) atoms. The van der Waals surface area contributed by atoms with E-state index in [1.54, 1.807) is 0 Å². The number of hydrogen-bond acceptors (Lipinski definition) is 2. The number of rotatable bonds is 1. The average Bonchev–Trinajstić information content (AvgIpc) is 2.89. The smallest absolute Gasteiger partial charge is 0.173 e. The molecule has 2 aliphatic rings. The number of nitrogens with zero attached hydrogens (tertiary/aromatic N) is 1. The highest BCUT2D eigenvalue weighted by Gasteiger charge is 2.61. The molecule has 2 nitrogen and oxygen atoms in total. The van der Waals surface area contributed by atoms with Gasteiger partial charge in [0.25, 0.3) is 0 Å². The molecule has 0 aromatic rings. The maximum Gasteiger partial charge on any atom is 0.173 e. The van der Waals surface area contributed by atoms with E-state index in [2.05, 4.69) is 19.9 Å². The Labute approximate surface area is 86.2 Å². The van der Waals surface area contributed by atoms with Gasteiger partial charge in [0.05, 0.1) is 6.07 Å². The maximum absolute atomic E-state index is 8.94. The van der Waals surface area contributed by atoms with Crippen LogP contribution in [0.15, 0.2) is 0 Å². The van der Waals surface area contributed by atoms with Crippen molar-refractivity contribution in [3.63, 3.8) is 0 Å². The Balaban J connectivity index is 2.15. The largest absolute Gasteiger partial charge is 0.350 e. The van der Waals surface area contributed by atoms with Crippen LogP contribution in [0.3, 0.4) is 0 Å². The number of ether oxygens (including phenoxy) is 1. The van der Waals surface area contributed by atoms with E-state index in [9.17, 15) is 0 Å². The van der Waals surface area contributed by atoms with Crippen LogP contribution in [0.2, 0.25) is 0 Å². The predicted octanol–water partition coefficient (Wildman–Crippen LogP) is 2.88. The van der Waals surface area contributed by atoms with Gasteiger partial charge in [0.1, 0.15) is 5.60 Å². The van der Waals surface area contributed by atoms with Gasteiger partial charge in [-0.05, 0) is 24.7 Å². The predicted molar refractivity (Wildman–Crippen MR) is 54.6 cm³/mol. The summed E-state index contributed by atoms with van der Waals surface area (Å²) in [6.07, 6.45) is 6.11. The van der Waals surface area contributed by atoms with Crippen LogP contribution >= 0.6 is 0 Å². The highest BCUT2D eigenvalue weighted by Crippen LogP contribution is 2.52. The molecule has 0 amide bonds. The fourth-order valence-electron chi connectivity index (χ4n) is 3.06. The van der Waals surface area contributed by atoms with Crippen LogP contribution < -0.4 is 0 Å². The van der Waals surface area contributed by atoms with Crippen molar-refractivity contribution in [2.45, 2.75) is 57.7 Å². The minimum absolute atomic E-state index is 0.0422. The van der Waals surface area contributed by atoms with Crippen LogP contribution in [-0.2, 0) is 4.74 Å². The van der Waals surface area contributed by atoms with Crippen molar-refractivity contribution in [2.24, 2.45) is 11.8 Å². The zero-order chi connectivity index (χ0) is 10.2. The lowest BCUT2D eigenvalue weighted by molar-refractivity contribution is 0.163. The van der Waals surface area contributed by atoms with E-state index in [1.807, 2.05) is 0 Å². The van der Waals surface area contributed by atoms with E-state index < -0.39 is 0 Å². The first-order valence-corrected chi connectivity index (χ1v) is 5.78. The Kier molecular flexibility index (Phi) is 2.53. The topological polar surface area (TPSA) is 36.3 Å². The first-order valence-electron chi connectivity index (χ1n) is 5.78. The zero-order valence-corrected chi connectivity index (χ0v) is 9.12. The van der Waals surface area contributed by atoms with Crippen molar-refractivity contribution in [3.05, 3.63) is 0 Å². The van der Waals surface area contributed by atoms with Gasteiger partial charge in [0.2, 0.25) is 0 Å². The average molecular weight is 193 g/mol. The molecule has 0 radical (unpaired) electrons. The standard InChI is InChI=1S/C12H19NO/c1-9(2)10-6-4-3-5-7-12(10)11(8-13)14-12/h9-11H,3-7H2,1-2H3. The van der Waals surface area contributed by atoms with Crippen LogP contribution in [0.5, 0.6) is 0 Å². The molecule has 2 rings (SSSR count). The molecule has 1 heterocycles. The molecule has 2 heteroatoms. The van der Waals surface area contributed by atoms with Crippen LogP contribution in [0.4, 0.5) is 0 Å². The van der Waals surface area contributed by atoms with E-state index in [-0.39, 0.29) is 11.7 Å². The molecule has 78 valence electrons. The Bertz CT molecular complexity index is 256. The van der Waals surface area contributed by atoms with E-state index in [1.165, 1.54) is 25.7 Å². The summed E-state index contributed by atoms with van der Waals surface area (Å²) >= 11 is 0. The fourth-order valence-corrected chi connectivity index (χ4v) is 3.06. The SMILES string of the molecule is CC(C)C1CCCCCC12OC2C#N. The van der Waals surface area contributed by atoms with E-state index in [4.69, 9.17) is 10.00 Å². The summed E-state index contributed by atoms with van der Waals surface area (Å²) in [5, 5.41) is 8.94. The number of epoxide rings is 1. The second kappa shape index (κ2) is 3.55. The van der Waals surface area contributed by atoms with Crippen LogP contribution in [0.1, 0.15) is 46.0 Å². The molecule has 1 aliphatic heterocycles. The molecule has 0 aromatic heterocycles. The molecule has 1 aliphatic carbocycles. The Morgan fingerprint density at radius 3 is 2.71 bits per heavy atom. The second-order valence-electron chi connectivity index (χ2n) is 5.03. The summed E-state index contributed by atoms with van der Waals surface area (Å²) in [5.41, 5.74) is -0.0422. The Morgan fingerprint density at radius 2 is 2.14 bits per heavy atom. The van der Waals surface area contributed by atoms with Crippen molar-refractivity contribution in [1.29, 1.82) is 5.26 Å². The lowest BCUT2D eigenvalue weighted by atomic mass is 9.78. The minimum atomic E-state index is -0.104. The molecule has 0 bridgehead atoms. The number of hydrogen-bond donors (Lipinski definition) is 0. The van der Waals surface area contributed by atoms with Crippen LogP contribution in [0, 0.1) is 23.2 Å². The highest BCUT2D eigenvalue weighted by atomic mass is 16.6. The third kappa shape index (κ3) is 1.44. The fraction of sp³-hybridized carbons (Fsp3) is 0.917. The first-order chi connectivity index (χ1) is 6.70. The van der Waals surface area contributed by atoms with Gasteiger partial charge in [0.15, 0.2) is 6.10 Å². The lowest BCUT2D eigenvalue weighted by Crippen LogP contribution is -2.29. The van der Waals surface area contributed by atoms with Crippen molar-refractivity contribution < 1.29 is 4.74 Å². The summed E-state index contributed by atoms with van der Waals surface area (Å²) in [4.78, 5) is 0. The second-order valence-corrected chi connectivity index (χ2v) is 5.03. The van der Waals surface area contributed by atoms with Gasteiger partial charge in [0, 0.05) is 0 Å². The maximum atomic E-state index is 8.94. The summed E-state index contributed by atoms with van der Waals surface area (Å²) in [6.45, 7) is 4.52. The molecule has 1 spiro atoms. The quantitative estimate of drug-likeness (QED) is 0.600. The van der Waals surface area contributed by atoms with E-state index >= 15 is 0 Å². The molecule has 1 saturated heterocycles. The zero-order valence-electron chi connectivity index (χ0n) is 9.12. The van der Waals surface area contributed by atoms with Crippen molar-refractivity contribution in [3.8, 4) is 6.07 Å². The van der Waals surface area contributed by atoms with Crippen molar-refractivity contribution >= 4 is 0 Å². The highest BCUT2D eigenvalue weighted by molar-refractivity contribution is 5.17. The molecule has 2 fully saturated rings. The molecule has 0 aromatic carbocycles. The molecular weight excluding hydrogens is 174 g/mol. The number of nitriles is 1.